The van der Waals surface area contributed by atoms with Gasteiger partial charge in [0.15, 0.2) is 5.78 Å². The van der Waals surface area contributed by atoms with Crippen LogP contribution < -0.4 is 0 Å². The fourth-order valence-electron chi connectivity index (χ4n) is 1.57. The van der Waals surface area contributed by atoms with Crippen LogP contribution in [-0.2, 0) is 11.0 Å². The van der Waals surface area contributed by atoms with Gasteiger partial charge in [0, 0.05) is 18.2 Å². The summed E-state index contributed by atoms with van der Waals surface area (Å²) in [5, 5.41) is 0. The first-order valence-corrected chi connectivity index (χ1v) is 8.04. The van der Waals surface area contributed by atoms with Crippen molar-refractivity contribution in [3.63, 3.8) is 0 Å². The summed E-state index contributed by atoms with van der Waals surface area (Å²) in [7, 11) is -1.18. The third-order valence-electron chi connectivity index (χ3n) is 2.78. The minimum atomic E-state index is -1.18. The highest BCUT2D eigenvalue weighted by Gasteiger charge is 2.17. The van der Waals surface area contributed by atoms with Gasteiger partial charge in [-0.1, -0.05) is 30.3 Å². The summed E-state index contributed by atoms with van der Waals surface area (Å²) in [5.74, 6) is 0.181. The second-order valence-corrected chi connectivity index (χ2v) is 7.62. The van der Waals surface area contributed by atoms with Crippen LogP contribution in [-0.4, -0.2) is 21.0 Å². The molecule has 20 heavy (non-hydrogen) atoms. The zero-order valence-electron chi connectivity index (χ0n) is 12.5. The van der Waals surface area contributed by atoms with Crippen LogP contribution in [0.15, 0.2) is 34.7 Å². The van der Waals surface area contributed by atoms with Crippen molar-refractivity contribution in [2.45, 2.75) is 51.2 Å². The van der Waals surface area contributed by atoms with E-state index in [9.17, 15) is 9.00 Å². The molecule has 0 unspecified atom stereocenters. The molecule has 0 saturated carbocycles. The van der Waals surface area contributed by atoms with Gasteiger partial charge < -0.3 is 0 Å². The maximum Gasteiger partial charge on any atom is 0.162 e. The Labute approximate surface area is 124 Å². The predicted molar refractivity (Wildman–Crippen MR) is 85.6 cm³/mol. The smallest absolute Gasteiger partial charge is 0.162 e. The van der Waals surface area contributed by atoms with Crippen molar-refractivity contribution in [2.24, 2.45) is 4.40 Å². The van der Waals surface area contributed by atoms with Crippen LogP contribution >= 0.6 is 0 Å². The molecule has 4 heteroatoms. The maximum atomic E-state index is 11.8. The molecule has 0 spiro atoms. The standard InChI is InChI=1S/C16H23NO2S/c1-16(2,3)20(19)17-13-9-5-8-12-15(18)14-10-6-4-7-11-14/h4,6-7,10-11,13H,5,8-9,12H2,1-3H3/b17-13+/t20-/m1/s1. The topological polar surface area (TPSA) is 46.5 Å². The number of benzene rings is 1. The molecular formula is C16H23NO2S. The molecule has 0 aliphatic carbocycles. The zero-order chi connectivity index (χ0) is 15.0. The van der Waals surface area contributed by atoms with Gasteiger partial charge in [0.2, 0.25) is 0 Å². The minimum absolute atomic E-state index is 0.181. The Kier molecular flexibility index (Phi) is 6.79. The Hall–Kier alpha value is -1.29. The Morgan fingerprint density at radius 2 is 1.85 bits per heavy atom. The van der Waals surface area contributed by atoms with E-state index in [0.29, 0.717) is 6.42 Å². The molecule has 1 rings (SSSR count). The Morgan fingerprint density at radius 3 is 2.45 bits per heavy atom. The normalized spacial score (nSPS) is 13.6. The van der Waals surface area contributed by atoms with E-state index in [1.807, 2.05) is 51.1 Å². The summed E-state index contributed by atoms with van der Waals surface area (Å²) in [6, 6.07) is 9.35. The molecule has 0 saturated heterocycles. The largest absolute Gasteiger partial charge is 0.294 e. The van der Waals surface area contributed by atoms with Crippen LogP contribution in [0, 0.1) is 0 Å². The number of hydrogen-bond acceptors (Lipinski definition) is 2. The van der Waals surface area contributed by atoms with E-state index >= 15 is 0 Å². The molecule has 0 aliphatic heterocycles. The van der Waals surface area contributed by atoms with Gasteiger partial charge in [-0.25, -0.2) is 4.21 Å². The molecule has 0 heterocycles. The number of ketones is 1. The third-order valence-corrected chi connectivity index (χ3v) is 4.17. The van der Waals surface area contributed by atoms with Crippen LogP contribution in [0.4, 0.5) is 0 Å². The average Bonchev–Trinajstić information content (AvgIpc) is 2.42. The van der Waals surface area contributed by atoms with Gasteiger partial charge in [-0.05, 0) is 40.0 Å². The van der Waals surface area contributed by atoms with Gasteiger partial charge in [0.1, 0.15) is 11.0 Å². The van der Waals surface area contributed by atoms with Crippen LogP contribution in [0.3, 0.4) is 0 Å². The second-order valence-electron chi connectivity index (χ2n) is 5.68. The van der Waals surface area contributed by atoms with Crippen LogP contribution in [0.1, 0.15) is 56.8 Å². The first kappa shape index (κ1) is 16.8. The summed E-state index contributed by atoms with van der Waals surface area (Å²) in [6.07, 6.45) is 4.77. The van der Waals surface area contributed by atoms with Crippen molar-refractivity contribution in [2.75, 3.05) is 0 Å². The van der Waals surface area contributed by atoms with E-state index in [0.717, 1.165) is 24.8 Å². The van der Waals surface area contributed by atoms with Crippen molar-refractivity contribution < 1.29 is 9.00 Å². The van der Waals surface area contributed by atoms with Gasteiger partial charge in [0.25, 0.3) is 0 Å². The lowest BCUT2D eigenvalue weighted by Gasteiger charge is -2.12. The molecule has 0 fully saturated rings. The highest BCUT2D eigenvalue weighted by molar-refractivity contribution is 7.85. The van der Waals surface area contributed by atoms with Crippen molar-refractivity contribution in [3.8, 4) is 0 Å². The Morgan fingerprint density at radius 1 is 1.20 bits per heavy atom. The van der Waals surface area contributed by atoms with Crippen molar-refractivity contribution in [1.82, 2.24) is 0 Å². The van der Waals surface area contributed by atoms with E-state index < -0.39 is 11.0 Å². The minimum Gasteiger partial charge on any atom is -0.294 e. The number of carbonyl (C=O) groups excluding carboxylic acids is 1. The molecule has 0 N–H and O–H groups in total. The lowest BCUT2D eigenvalue weighted by atomic mass is 10.1. The highest BCUT2D eigenvalue weighted by Crippen LogP contribution is 2.12. The fourth-order valence-corrected chi connectivity index (χ4v) is 2.13. The molecule has 0 aliphatic rings. The van der Waals surface area contributed by atoms with Gasteiger partial charge >= 0.3 is 0 Å². The molecule has 0 aromatic heterocycles. The van der Waals surface area contributed by atoms with Crippen molar-refractivity contribution in [1.29, 1.82) is 0 Å². The van der Waals surface area contributed by atoms with Crippen LogP contribution in [0.2, 0.25) is 0 Å². The number of unbranched alkanes of at least 4 members (excludes halogenated alkanes) is 2. The molecule has 0 amide bonds. The molecular weight excluding hydrogens is 270 g/mol. The summed E-state index contributed by atoms with van der Waals surface area (Å²) in [5.41, 5.74) is 0.773. The van der Waals surface area contributed by atoms with Crippen LogP contribution in [0.5, 0.6) is 0 Å². The van der Waals surface area contributed by atoms with Crippen molar-refractivity contribution >= 4 is 23.0 Å². The third kappa shape index (κ3) is 6.24. The number of carbonyl (C=O) groups is 1. The maximum absolute atomic E-state index is 11.8. The lowest BCUT2D eigenvalue weighted by molar-refractivity contribution is 0.0979. The summed E-state index contributed by atoms with van der Waals surface area (Å²) in [6.45, 7) is 5.71. The Balaban J connectivity index is 2.22. The van der Waals surface area contributed by atoms with E-state index in [2.05, 4.69) is 4.40 Å². The Bertz CT molecular complexity index is 475. The quantitative estimate of drug-likeness (QED) is 0.434. The monoisotopic (exact) mass is 293 g/mol. The van der Waals surface area contributed by atoms with E-state index in [1.165, 1.54) is 0 Å². The summed E-state index contributed by atoms with van der Waals surface area (Å²) < 4.78 is 15.4. The first-order chi connectivity index (χ1) is 9.41. The molecule has 1 aromatic carbocycles. The summed E-state index contributed by atoms with van der Waals surface area (Å²) >= 11 is 0. The number of rotatable bonds is 7. The van der Waals surface area contributed by atoms with E-state index in [4.69, 9.17) is 0 Å². The average molecular weight is 293 g/mol. The van der Waals surface area contributed by atoms with Crippen molar-refractivity contribution in [3.05, 3.63) is 35.9 Å². The van der Waals surface area contributed by atoms with E-state index in [-0.39, 0.29) is 10.5 Å². The predicted octanol–water partition coefficient (Wildman–Crippen LogP) is 3.96. The van der Waals surface area contributed by atoms with Gasteiger partial charge in [-0.2, -0.15) is 4.40 Å². The second kappa shape index (κ2) is 8.10. The summed E-state index contributed by atoms with van der Waals surface area (Å²) in [4.78, 5) is 11.8. The fraction of sp³-hybridized carbons (Fsp3) is 0.500. The zero-order valence-corrected chi connectivity index (χ0v) is 13.3. The van der Waals surface area contributed by atoms with Gasteiger partial charge in [-0.15, -0.1) is 0 Å². The lowest BCUT2D eigenvalue weighted by Crippen LogP contribution is -2.19. The molecule has 0 radical (unpaired) electrons. The number of Topliss-reactive ketones (excluding diaryl/α,β-unsaturated/α-hetero) is 1. The SMILES string of the molecule is CC(C)(C)[S@@](=O)/N=C/CCCCC(=O)c1ccccc1. The number of nitrogens with zero attached hydrogens (tertiary/aromatic N) is 1. The molecule has 0 bridgehead atoms. The molecule has 3 nitrogen and oxygen atoms in total. The van der Waals surface area contributed by atoms with Crippen LogP contribution in [0.25, 0.3) is 0 Å². The van der Waals surface area contributed by atoms with Gasteiger partial charge in [-0.3, -0.25) is 4.79 Å². The molecule has 110 valence electrons. The highest BCUT2D eigenvalue weighted by atomic mass is 32.2. The number of hydrogen-bond donors (Lipinski definition) is 0. The van der Waals surface area contributed by atoms with E-state index in [1.54, 1.807) is 6.21 Å². The molecule has 1 atom stereocenters. The van der Waals surface area contributed by atoms with Gasteiger partial charge in [0.05, 0.1) is 4.75 Å². The molecule has 1 aromatic rings. The first-order valence-electron chi connectivity index (χ1n) is 6.94.